The molecule has 3 aliphatic carbocycles. The molecule has 3 aliphatic rings. The first-order chi connectivity index (χ1) is 14.2. The summed E-state index contributed by atoms with van der Waals surface area (Å²) in [6.07, 6.45) is 11.5. The second-order valence-electron chi connectivity index (χ2n) is 9.09. The molecule has 5 rings (SSSR count). The number of hydrogen-bond acceptors (Lipinski definition) is 3. The Morgan fingerprint density at radius 2 is 1.21 bits per heavy atom. The van der Waals surface area contributed by atoms with Gasteiger partial charge in [0.15, 0.2) is 11.6 Å². The van der Waals surface area contributed by atoms with Gasteiger partial charge in [-0.05, 0) is 54.7 Å². The fourth-order valence-electron chi connectivity index (χ4n) is 5.94. The van der Waals surface area contributed by atoms with Crippen molar-refractivity contribution >= 4 is 17.3 Å². The number of rotatable bonds is 2. The van der Waals surface area contributed by atoms with Crippen LogP contribution in [0.1, 0.15) is 119 Å². The molecule has 0 radical (unpaired) electrons. The normalized spacial score (nSPS) is 20.4. The van der Waals surface area contributed by atoms with Crippen LogP contribution in [0.4, 0.5) is 5.69 Å². The molecule has 3 nitrogen and oxygen atoms in total. The first kappa shape index (κ1) is 18.6. The minimum Gasteiger partial charge on any atom is -0.398 e. The van der Waals surface area contributed by atoms with E-state index in [2.05, 4.69) is 6.07 Å². The molecule has 0 aliphatic heterocycles. The van der Waals surface area contributed by atoms with E-state index in [0.717, 1.165) is 42.5 Å². The summed E-state index contributed by atoms with van der Waals surface area (Å²) in [5.74, 6) is 0.648. The molecule has 0 amide bonds. The summed E-state index contributed by atoms with van der Waals surface area (Å²) in [6, 6.07) is 9.38. The molecule has 0 saturated heterocycles. The number of fused-ring (bicyclic) bond motifs is 2. The summed E-state index contributed by atoms with van der Waals surface area (Å²) >= 11 is 0. The van der Waals surface area contributed by atoms with Gasteiger partial charge in [0.25, 0.3) is 0 Å². The number of carbonyl (C=O) groups is 2. The van der Waals surface area contributed by atoms with Crippen molar-refractivity contribution in [2.24, 2.45) is 0 Å². The molecule has 0 spiro atoms. The molecule has 2 saturated carbocycles. The molecule has 2 aromatic rings. The van der Waals surface area contributed by atoms with Gasteiger partial charge >= 0.3 is 0 Å². The van der Waals surface area contributed by atoms with E-state index >= 15 is 0 Å². The van der Waals surface area contributed by atoms with E-state index < -0.39 is 0 Å². The van der Waals surface area contributed by atoms with Crippen LogP contribution in [-0.2, 0) is 0 Å². The number of nitrogen functional groups attached to an aromatic ring is 1. The molecule has 29 heavy (non-hydrogen) atoms. The number of anilines is 1. The molecule has 0 bridgehead atoms. The number of carbonyl (C=O) groups excluding carboxylic acids is 2. The van der Waals surface area contributed by atoms with Crippen LogP contribution in [0.25, 0.3) is 0 Å². The van der Waals surface area contributed by atoms with E-state index in [1.165, 1.54) is 38.5 Å². The molecular weight excluding hydrogens is 358 g/mol. The summed E-state index contributed by atoms with van der Waals surface area (Å²) in [5, 5.41) is 0. The number of ketones is 2. The molecule has 0 heterocycles. The van der Waals surface area contributed by atoms with E-state index in [0.29, 0.717) is 34.1 Å². The van der Waals surface area contributed by atoms with Crippen LogP contribution in [0.3, 0.4) is 0 Å². The Morgan fingerprint density at radius 3 is 1.79 bits per heavy atom. The Balaban J connectivity index is 1.75. The van der Waals surface area contributed by atoms with E-state index in [9.17, 15) is 9.59 Å². The second kappa shape index (κ2) is 7.44. The number of benzene rings is 2. The topological polar surface area (TPSA) is 60.2 Å². The van der Waals surface area contributed by atoms with Crippen LogP contribution in [0.2, 0.25) is 0 Å². The predicted molar refractivity (Wildman–Crippen MR) is 116 cm³/mol. The molecule has 2 N–H and O–H groups in total. The van der Waals surface area contributed by atoms with Gasteiger partial charge in [0.2, 0.25) is 0 Å². The fraction of sp³-hybridized carbons (Fsp3) is 0.462. The van der Waals surface area contributed by atoms with Gasteiger partial charge in [-0.2, -0.15) is 0 Å². The lowest BCUT2D eigenvalue weighted by Gasteiger charge is -2.32. The van der Waals surface area contributed by atoms with E-state index in [1.807, 2.05) is 12.1 Å². The highest BCUT2D eigenvalue weighted by atomic mass is 16.1. The zero-order valence-electron chi connectivity index (χ0n) is 17.0. The second-order valence-corrected chi connectivity index (χ2v) is 9.09. The van der Waals surface area contributed by atoms with Gasteiger partial charge in [-0.3, -0.25) is 9.59 Å². The Kier molecular flexibility index (Phi) is 4.77. The lowest BCUT2D eigenvalue weighted by Crippen LogP contribution is -2.27. The quantitative estimate of drug-likeness (QED) is 0.537. The van der Waals surface area contributed by atoms with Crippen LogP contribution in [0.5, 0.6) is 0 Å². The first-order valence-corrected chi connectivity index (χ1v) is 11.3. The molecule has 2 aromatic carbocycles. The molecule has 0 atom stereocenters. The average molecular weight is 388 g/mol. The van der Waals surface area contributed by atoms with Crippen molar-refractivity contribution in [2.75, 3.05) is 5.73 Å². The van der Waals surface area contributed by atoms with Crippen LogP contribution in [0.15, 0.2) is 30.3 Å². The van der Waals surface area contributed by atoms with Crippen LogP contribution in [-0.4, -0.2) is 11.6 Å². The summed E-state index contributed by atoms with van der Waals surface area (Å²) in [7, 11) is 0. The van der Waals surface area contributed by atoms with Crippen molar-refractivity contribution in [3.8, 4) is 0 Å². The van der Waals surface area contributed by atoms with Gasteiger partial charge in [-0.15, -0.1) is 0 Å². The molecule has 0 unspecified atom stereocenters. The highest BCUT2D eigenvalue weighted by Crippen LogP contribution is 2.46. The molecule has 3 heteroatoms. The van der Waals surface area contributed by atoms with Gasteiger partial charge in [-0.1, -0.05) is 62.8 Å². The third-order valence-electron chi connectivity index (χ3n) is 7.36. The van der Waals surface area contributed by atoms with Crippen molar-refractivity contribution in [2.45, 2.75) is 76.0 Å². The smallest absolute Gasteiger partial charge is 0.194 e. The van der Waals surface area contributed by atoms with Crippen LogP contribution >= 0.6 is 0 Å². The summed E-state index contributed by atoms with van der Waals surface area (Å²) in [5.41, 5.74) is 11.8. The van der Waals surface area contributed by atoms with Crippen molar-refractivity contribution < 1.29 is 9.59 Å². The van der Waals surface area contributed by atoms with Gasteiger partial charge in [-0.25, -0.2) is 0 Å². The Hall–Kier alpha value is -2.42. The maximum atomic E-state index is 13.7. The monoisotopic (exact) mass is 387 g/mol. The predicted octanol–water partition coefficient (Wildman–Crippen LogP) is 6.14. The molecule has 150 valence electrons. The van der Waals surface area contributed by atoms with Gasteiger partial charge in [0, 0.05) is 27.9 Å². The minimum atomic E-state index is 0.000123. The van der Waals surface area contributed by atoms with Crippen molar-refractivity contribution in [3.63, 3.8) is 0 Å². The fourth-order valence-corrected chi connectivity index (χ4v) is 5.94. The Morgan fingerprint density at radius 1 is 0.690 bits per heavy atom. The molecule has 2 fully saturated rings. The van der Waals surface area contributed by atoms with E-state index in [4.69, 9.17) is 5.73 Å². The largest absolute Gasteiger partial charge is 0.398 e. The highest BCUT2D eigenvalue weighted by Gasteiger charge is 2.38. The summed E-state index contributed by atoms with van der Waals surface area (Å²) < 4.78 is 0. The van der Waals surface area contributed by atoms with Crippen molar-refractivity contribution in [1.82, 2.24) is 0 Å². The van der Waals surface area contributed by atoms with Crippen LogP contribution < -0.4 is 5.73 Å². The standard InChI is InChI=1S/C26H29NO2/c27-21-15-20(16-9-3-1-4-10-16)23-24(22(21)17-11-5-2-6-12-17)26(29)19-14-8-7-13-18(19)25(23)28/h7-8,13-17H,1-6,9-12,27H2. The van der Waals surface area contributed by atoms with Gasteiger partial charge < -0.3 is 5.73 Å². The van der Waals surface area contributed by atoms with Crippen molar-refractivity contribution in [1.29, 1.82) is 0 Å². The lowest BCUT2D eigenvalue weighted by molar-refractivity contribution is 0.0976. The molecular formula is C26H29NO2. The Labute approximate surface area is 172 Å². The van der Waals surface area contributed by atoms with E-state index in [-0.39, 0.29) is 11.6 Å². The maximum Gasteiger partial charge on any atom is 0.194 e. The van der Waals surface area contributed by atoms with Gasteiger partial charge in [0.1, 0.15) is 0 Å². The lowest BCUT2D eigenvalue weighted by atomic mass is 9.70. The third-order valence-corrected chi connectivity index (χ3v) is 7.36. The van der Waals surface area contributed by atoms with E-state index in [1.54, 1.807) is 12.1 Å². The SMILES string of the molecule is Nc1cc(C2CCCCC2)c2c(c1C1CCCCC1)C(=O)c1ccccc1C2=O. The molecule has 0 aromatic heterocycles. The Bertz CT molecular complexity index is 978. The van der Waals surface area contributed by atoms with Crippen molar-refractivity contribution in [3.05, 3.63) is 63.7 Å². The zero-order valence-corrected chi connectivity index (χ0v) is 17.0. The first-order valence-electron chi connectivity index (χ1n) is 11.3. The number of nitrogens with two attached hydrogens (primary N) is 1. The highest BCUT2D eigenvalue weighted by molar-refractivity contribution is 6.29. The maximum absolute atomic E-state index is 13.7. The van der Waals surface area contributed by atoms with Crippen LogP contribution in [0, 0.1) is 0 Å². The zero-order chi connectivity index (χ0) is 20.0. The summed E-state index contributed by atoms with van der Waals surface area (Å²) in [6.45, 7) is 0. The van der Waals surface area contributed by atoms with Gasteiger partial charge in [0.05, 0.1) is 0 Å². The third kappa shape index (κ3) is 3.02. The minimum absolute atomic E-state index is 0.000123. The summed E-state index contributed by atoms with van der Waals surface area (Å²) in [4.78, 5) is 27.4. The number of hydrogen-bond donors (Lipinski definition) is 1. The average Bonchev–Trinajstić information content (AvgIpc) is 2.78.